The van der Waals surface area contributed by atoms with Gasteiger partial charge in [0, 0.05) is 5.69 Å². The molecule has 1 heterocycles. The Kier molecular flexibility index (Phi) is 3.87. The van der Waals surface area contributed by atoms with E-state index in [4.69, 9.17) is 14.9 Å². The number of hydrogen-bond acceptors (Lipinski definition) is 4. The summed E-state index contributed by atoms with van der Waals surface area (Å²) in [7, 11) is 0. The van der Waals surface area contributed by atoms with Crippen LogP contribution in [-0.4, -0.2) is 11.1 Å². The second kappa shape index (κ2) is 5.40. The smallest absolute Gasteiger partial charge is 0.221 e. The number of anilines is 1. The van der Waals surface area contributed by atoms with E-state index in [-0.39, 0.29) is 6.10 Å². The summed E-state index contributed by atoms with van der Waals surface area (Å²) in [6.07, 6.45) is 1.25. The number of rotatable bonds is 5. The van der Waals surface area contributed by atoms with Gasteiger partial charge in [-0.25, -0.2) is 4.98 Å². The van der Waals surface area contributed by atoms with Crippen LogP contribution in [0, 0.1) is 5.92 Å². The van der Waals surface area contributed by atoms with Crippen LogP contribution in [0.2, 0.25) is 0 Å². The molecule has 1 aromatic carbocycles. The molecule has 0 saturated heterocycles. The Bertz CT molecular complexity index is 519. The lowest BCUT2D eigenvalue weighted by molar-refractivity contribution is 0.0286. The Morgan fingerprint density at radius 1 is 1.33 bits per heavy atom. The molecule has 2 N–H and O–H groups in total. The van der Waals surface area contributed by atoms with Crippen molar-refractivity contribution in [3.05, 3.63) is 24.1 Å². The molecule has 0 aliphatic carbocycles. The van der Waals surface area contributed by atoms with Crippen molar-refractivity contribution in [2.24, 2.45) is 5.92 Å². The van der Waals surface area contributed by atoms with E-state index >= 15 is 0 Å². The van der Waals surface area contributed by atoms with Crippen LogP contribution in [-0.2, 0) is 11.3 Å². The van der Waals surface area contributed by atoms with Gasteiger partial charge in [-0.3, -0.25) is 0 Å². The van der Waals surface area contributed by atoms with Gasteiger partial charge in [-0.05, 0) is 37.5 Å². The summed E-state index contributed by atoms with van der Waals surface area (Å²) >= 11 is 0. The monoisotopic (exact) mass is 248 g/mol. The normalized spacial score (nSPS) is 13.3. The molecule has 1 atom stereocenters. The van der Waals surface area contributed by atoms with Crippen LogP contribution in [0.4, 0.5) is 5.69 Å². The molecule has 0 spiro atoms. The molecule has 2 aromatic rings. The maximum Gasteiger partial charge on any atom is 0.221 e. The van der Waals surface area contributed by atoms with Crippen molar-refractivity contribution < 1.29 is 9.15 Å². The standard InChI is InChI=1S/C14H20N2O2/c1-9(2)6-10(3)17-8-14-16-12-7-11(15)4-5-13(12)18-14/h4-5,7,9-10H,6,8,15H2,1-3H3. The summed E-state index contributed by atoms with van der Waals surface area (Å²) in [4.78, 5) is 4.35. The van der Waals surface area contributed by atoms with E-state index in [1.54, 1.807) is 12.1 Å². The number of nitrogen functional groups attached to an aromatic ring is 1. The fourth-order valence-electron chi connectivity index (χ4n) is 2.00. The second-order valence-electron chi connectivity index (χ2n) is 5.09. The number of benzene rings is 1. The Balaban J connectivity index is 1.99. The summed E-state index contributed by atoms with van der Waals surface area (Å²) < 4.78 is 11.3. The van der Waals surface area contributed by atoms with Crippen molar-refractivity contribution in [1.29, 1.82) is 0 Å². The fraction of sp³-hybridized carbons (Fsp3) is 0.500. The van der Waals surface area contributed by atoms with Gasteiger partial charge >= 0.3 is 0 Å². The predicted octanol–water partition coefficient (Wildman–Crippen LogP) is 3.36. The molecule has 98 valence electrons. The molecule has 0 amide bonds. The number of oxazole rings is 1. The number of nitrogens with zero attached hydrogens (tertiary/aromatic N) is 1. The minimum absolute atomic E-state index is 0.213. The first-order valence-electron chi connectivity index (χ1n) is 6.31. The average molecular weight is 248 g/mol. The maximum atomic E-state index is 5.71. The van der Waals surface area contributed by atoms with E-state index in [1.165, 1.54) is 0 Å². The van der Waals surface area contributed by atoms with Gasteiger partial charge in [0.1, 0.15) is 12.1 Å². The van der Waals surface area contributed by atoms with Gasteiger partial charge in [0.25, 0.3) is 0 Å². The maximum absolute atomic E-state index is 5.71. The molecule has 0 bridgehead atoms. The van der Waals surface area contributed by atoms with E-state index in [9.17, 15) is 0 Å². The summed E-state index contributed by atoms with van der Waals surface area (Å²) in [5, 5.41) is 0. The van der Waals surface area contributed by atoms with Gasteiger partial charge in [-0.1, -0.05) is 13.8 Å². The van der Waals surface area contributed by atoms with Crippen molar-refractivity contribution in [3.8, 4) is 0 Å². The molecular weight excluding hydrogens is 228 g/mol. The highest BCUT2D eigenvalue weighted by Crippen LogP contribution is 2.19. The highest BCUT2D eigenvalue weighted by atomic mass is 16.5. The third-order valence-electron chi connectivity index (χ3n) is 2.75. The summed E-state index contributed by atoms with van der Waals surface area (Å²) in [6.45, 7) is 6.84. The van der Waals surface area contributed by atoms with Crippen LogP contribution in [0.5, 0.6) is 0 Å². The minimum Gasteiger partial charge on any atom is -0.438 e. The summed E-state index contributed by atoms with van der Waals surface area (Å²) in [5.41, 5.74) is 7.92. The van der Waals surface area contributed by atoms with Crippen LogP contribution in [0.1, 0.15) is 33.1 Å². The van der Waals surface area contributed by atoms with E-state index < -0.39 is 0 Å². The average Bonchev–Trinajstić information content (AvgIpc) is 2.67. The SMILES string of the molecule is CC(C)CC(C)OCc1nc2cc(N)ccc2o1. The number of hydrogen-bond donors (Lipinski definition) is 1. The molecule has 0 saturated carbocycles. The third kappa shape index (κ3) is 3.23. The Morgan fingerprint density at radius 3 is 2.83 bits per heavy atom. The van der Waals surface area contributed by atoms with E-state index in [1.807, 2.05) is 6.07 Å². The van der Waals surface area contributed by atoms with Crippen molar-refractivity contribution in [2.75, 3.05) is 5.73 Å². The zero-order valence-corrected chi connectivity index (χ0v) is 11.1. The van der Waals surface area contributed by atoms with Crippen LogP contribution in [0.15, 0.2) is 22.6 Å². The van der Waals surface area contributed by atoms with Crippen LogP contribution >= 0.6 is 0 Å². The fourth-order valence-corrected chi connectivity index (χ4v) is 2.00. The van der Waals surface area contributed by atoms with E-state index in [2.05, 4.69) is 25.8 Å². The molecule has 0 aliphatic rings. The Hall–Kier alpha value is -1.55. The third-order valence-corrected chi connectivity index (χ3v) is 2.75. The van der Waals surface area contributed by atoms with Gasteiger partial charge in [0.05, 0.1) is 6.10 Å². The lowest BCUT2D eigenvalue weighted by atomic mass is 10.1. The highest BCUT2D eigenvalue weighted by Gasteiger charge is 2.09. The van der Waals surface area contributed by atoms with E-state index in [0.29, 0.717) is 24.1 Å². The quantitative estimate of drug-likeness (QED) is 0.824. The van der Waals surface area contributed by atoms with Crippen molar-refractivity contribution in [2.45, 2.75) is 39.9 Å². The van der Waals surface area contributed by atoms with Gasteiger partial charge in [0.2, 0.25) is 5.89 Å². The molecule has 0 radical (unpaired) electrons. The van der Waals surface area contributed by atoms with Crippen LogP contribution in [0.25, 0.3) is 11.1 Å². The molecule has 18 heavy (non-hydrogen) atoms. The van der Waals surface area contributed by atoms with Gasteiger partial charge < -0.3 is 14.9 Å². The number of nitrogens with two attached hydrogens (primary N) is 1. The lowest BCUT2D eigenvalue weighted by Gasteiger charge is -2.13. The second-order valence-corrected chi connectivity index (χ2v) is 5.09. The highest BCUT2D eigenvalue weighted by molar-refractivity contribution is 5.76. The zero-order valence-electron chi connectivity index (χ0n) is 11.1. The summed E-state index contributed by atoms with van der Waals surface area (Å²) in [6, 6.07) is 5.44. The Labute approximate surface area is 107 Å². The molecule has 4 heteroatoms. The van der Waals surface area contributed by atoms with Crippen molar-refractivity contribution >= 4 is 16.8 Å². The predicted molar refractivity (Wildman–Crippen MR) is 72.1 cm³/mol. The first kappa shape index (κ1) is 12.9. The van der Waals surface area contributed by atoms with Gasteiger partial charge in [-0.2, -0.15) is 0 Å². The first-order valence-corrected chi connectivity index (χ1v) is 6.31. The molecule has 4 nitrogen and oxygen atoms in total. The minimum atomic E-state index is 0.213. The largest absolute Gasteiger partial charge is 0.438 e. The van der Waals surface area contributed by atoms with Crippen LogP contribution < -0.4 is 5.73 Å². The summed E-state index contributed by atoms with van der Waals surface area (Å²) in [5.74, 6) is 1.23. The topological polar surface area (TPSA) is 61.3 Å². The molecule has 1 unspecified atom stereocenters. The van der Waals surface area contributed by atoms with Gasteiger partial charge in [-0.15, -0.1) is 0 Å². The molecule has 2 rings (SSSR count). The Morgan fingerprint density at radius 2 is 2.11 bits per heavy atom. The van der Waals surface area contributed by atoms with E-state index in [0.717, 1.165) is 17.5 Å². The molecule has 0 fully saturated rings. The van der Waals surface area contributed by atoms with Crippen molar-refractivity contribution in [3.63, 3.8) is 0 Å². The molecule has 1 aromatic heterocycles. The zero-order chi connectivity index (χ0) is 13.1. The van der Waals surface area contributed by atoms with Crippen molar-refractivity contribution in [1.82, 2.24) is 4.98 Å². The molecular formula is C14H20N2O2. The number of ether oxygens (including phenoxy) is 1. The first-order chi connectivity index (χ1) is 8.54. The van der Waals surface area contributed by atoms with Crippen LogP contribution in [0.3, 0.4) is 0 Å². The molecule has 0 aliphatic heterocycles. The van der Waals surface area contributed by atoms with Gasteiger partial charge in [0.15, 0.2) is 5.58 Å². The number of aromatic nitrogens is 1. The number of fused-ring (bicyclic) bond motifs is 1. The lowest BCUT2D eigenvalue weighted by Crippen LogP contribution is -2.11.